The zero-order valence-corrected chi connectivity index (χ0v) is 23.9. The molecular weight excluding hydrogens is 494 g/mol. The Balaban J connectivity index is 1.54. The van der Waals surface area contributed by atoms with E-state index >= 15 is 0 Å². The molecule has 1 aliphatic heterocycles. The van der Waals surface area contributed by atoms with Gasteiger partial charge >= 0.3 is 0 Å². The topological polar surface area (TPSA) is 62.9 Å². The van der Waals surface area contributed by atoms with Crippen molar-refractivity contribution in [3.8, 4) is 0 Å². The zero-order chi connectivity index (χ0) is 26.6. The van der Waals surface area contributed by atoms with Gasteiger partial charge in [-0.1, -0.05) is 33.6 Å². The highest BCUT2D eigenvalue weighted by molar-refractivity contribution is 7.17. The third-order valence-corrected chi connectivity index (χ3v) is 8.70. The molecular formula is C30H41N5O2S. The summed E-state index contributed by atoms with van der Waals surface area (Å²) >= 11 is 1.44. The molecule has 38 heavy (non-hydrogen) atoms. The lowest BCUT2D eigenvalue weighted by atomic mass is 10.1. The molecule has 5 rings (SSSR count). The van der Waals surface area contributed by atoms with Crippen molar-refractivity contribution < 1.29 is 4.79 Å². The number of benzene rings is 1. The first-order valence-corrected chi connectivity index (χ1v) is 15.3. The van der Waals surface area contributed by atoms with Gasteiger partial charge in [0.1, 0.15) is 4.70 Å². The lowest BCUT2D eigenvalue weighted by Crippen LogP contribution is -2.33. The molecule has 1 fully saturated rings. The highest BCUT2D eigenvalue weighted by Gasteiger charge is 2.21. The largest absolute Gasteiger partial charge is 0.339 e. The molecule has 0 aliphatic carbocycles. The van der Waals surface area contributed by atoms with E-state index in [1.807, 2.05) is 34.5 Å². The molecule has 1 aliphatic rings. The number of carbonyl (C=O) groups is 1. The first-order chi connectivity index (χ1) is 18.5. The Bertz CT molecular complexity index is 1460. The second-order valence-electron chi connectivity index (χ2n) is 11.1. The van der Waals surface area contributed by atoms with Crippen LogP contribution < -0.4 is 5.56 Å². The average molecular weight is 536 g/mol. The molecule has 7 nitrogen and oxygen atoms in total. The third kappa shape index (κ3) is 5.52. The molecule has 3 aromatic heterocycles. The van der Waals surface area contributed by atoms with Crippen LogP contribution in [0.4, 0.5) is 0 Å². The fourth-order valence-electron chi connectivity index (χ4n) is 5.58. The summed E-state index contributed by atoms with van der Waals surface area (Å²) in [6.45, 7) is 12.2. The van der Waals surface area contributed by atoms with E-state index in [0.29, 0.717) is 22.0 Å². The standard InChI is InChI=1S/C30H41N5O2S/c1-4-5-17-33(19-12-22(2)3)28(36)23-10-11-25-26(21-23)34(18-9-16-32-14-7-6-8-15-32)30-31-24-13-20-38-27(24)29(37)35(25)30/h10-11,13,20-22H,4-9,12,14-19H2,1-3H3. The fraction of sp³-hybridized carbons (Fsp3) is 0.567. The number of amides is 1. The predicted octanol–water partition coefficient (Wildman–Crippen LogP) is 6.03. The van der Waals surface area contributed by atoms with Crippen LogP contribution >= 0.6 is 11.3 Å². The van der Waals surface area contributed by atoms with Gasteiger partial charge in [-0.3, -0.25) is 9.59 Å². The van der Waals surface area contributed by atoms with Crippen LogP contribution in [0.3, 0.4) is 0 Å². The Hall–Kier alpha value is -2.71. The van der Waals surface area contributed by atoms with Gasteiger partial charge in [-0.25, -0.2) is 9.38 Å². The maximum absolute atomic E-state index is 13.7. The summed E-state index contributed by atoms with van der Waals surface area (Å²) in [6, 6.07) is 7.75. The van der Waals surface area contributed by atoms with Crippen LogP contribution in [-0.4, -0.2) is 62.4 Å². The van der Waals surface area contributed by atoms with Crippen molar-refractivity contribution in [3.63, 3.8) is 0 Å². The summed E-state index contributed by atoms with van der Waals surface area (Å²) in [6.07, 6.45) is 7.91. The number of likely N-dealkylation sites (tertiary alicyclic amines) is 1. The number of imidazole rings is 1. The van der Waals surface area contributed by atoms with Gasteiger partial charge in [-0.15, -0.1) is 11.3 Å². The first kappa shape index (κ1) is 26.9. The molecule has 1 aromatic carbocycles. The number of hydrogen-bond acceptors (Lipinski definition) is 5. The number of carbonyl (C=O) groups excluding carboxylic acids is 1. The van der Waals surface area contributed by atoms with Crippen LogP contribution in [0.15, 0.2) is 34.4 Å². The van der Waals surface area contributed by atoms with Crippen LogP contribution in [0.2, 0.25) is 0 Å². The summed E-state index contributed by atoms with van der Waals surface area (Å²) in [7, 11) is 0. The van der Waals surface area contributed by atoms with Crippen molar-refractivity contribution in [3.05, 3.63) is 45.6 Å². The second kappa shape index (κ2) is 12.0. The predicted molar refractivity (Wildman–Crippen MR) is 158 cm³/mol. The number of piperidine rings is 1. The number of aryl methyl sites for hydroxylation is 1. The van der Waals surface area contributed by atoms with Crippen molar-refractivity contribution in [1.29, 1.82) is 0 Å². The van der Waals surface area contributed by atoms with Gasteiger partial charge in [0.05, 0.1) is 16.6 Å². The molecule has 0 saturated carbocycles. The van der Waals surface area contributed by atoms with E-state index < -0.39 is 0 Å². The first-order valence-electron chi connectivity index (χ1n) is 14.4. The normalized spacial score (nSPS) is 14.8. The molecule has 0 unspecified atom stereocenters. The molecule has 1 saturated heterocycles. The Labute approximate surface area is 229 Å². The molecule has 0 atom stereocenters. The van der Waals surface area contributed by atoms with Crippen molar-refractivity contribution in [2.75, 3.05) is 32.7 Å². The number of hydrogen-bond donors (Lipinski definition) is 0. The lowest BCUT2D eigenvalue weighted by molar-refractivity contribution is 0.0746. The summed E-state index contributed by atoms with van der Waals surface area (Å²) in [5.74, 6) is 1.29. The summed E-state index contributed by atoms with van der Waals surface area (Å²) in [5.41, 5.74) is 3.14. The zero-order valence-electron chi connectivity index (χ0n) is 23.1. The quantitative estimate of drug-likeness (QED) is 0.235. The number of nitrogens with zero attached hydrogens (tertiary/aromatic N) is 5. The summed E-state index contributed by atoms with van der Waals surface area (Å²) < 4.78 is 4.59. The number of fused-ring (bicyclic) bond motifs is 4. The number of rotatable bonds is 11. The van der Waals surface area contributed by atoms with E-state index in [2.05, 4.69) is 30.2 Å². The molecule has 0 radical (unpaired) electrons. The molecule has 0 N–H and O–H groups in total. The van der Waals surface area contributed by atoms with Crippen LogP contribution in [-0.2, 0) is 6.54 Å². The van der Waals surface area contributed by atoms with Crippen molar-refractivity contribution in [2.45, 2.75) is 72.3 Å². The Morgan fingerprint density at radius 3 is 2.63 bits per heavy atom. The van der Waals surface area contributed by atoms with Gasteiger partial charge < -0.3 is 14.4 Å². The van der Waals surface area contributed by atoms with Gasteiger partial charge in [0.15, 0.2) is 0 Å². The summed E-state index contributed by atoms with van der Waals surface area (Å²) in [5, 5.41) is 1.93. The monoisotopic (exact) mass is 535 g/mol. The highest BCUT2D eigenvalue weighted by atomic mass is 32.1. The lowest BCUT2D eigenvalue weighted by Gasteiger charge is -2.26. The van der Waals surface area contributed by atoms with Crippen molar-refractivity contribution in [1.82, 2.24) is 23.8 Å². The Morgan fingerprint density at radius 1 is 1.05 bits per heavy atom. The highest BCUT2D eigenvalue weighted by Crippen LogP contribution is 2.25. The number of unbranched alkanes of at least 4 members (excludes halogenated alkanes) is 1. The van der Waals surface area contributed by atoms with Gasteiger partial charge in [0.25, 0.3) is 11.5 Å². The van der Waals surface area contributed by atoms with Crippen LogP contribution in [0.1, 0.15) is 76.1 Å². The number of thiophene rings is 1. The Morgan fingerprint density at radius 2 is 1.87 bits per heavy atom. The second-order valence-corrected chi connectivity index (χ2v) is 12.0. The molecule has 8 heteroatoms. The van der Waals surface area contributed by atoms with Crippen molar-refractivity contribution >= 4 is 44.3 Å². The molecule has 0 spiro atoms. The van der Waals surface area contributed by atoms with E-state index in [4.69, 9.17) is 4.98 Å². The van der Waals surface area contributed by atoms with Crippen molar-refractivity contribution in [2.24, 2.45) is 5.92 Å². The maximum atomic E-state index is 13.7. The molecule has 1 amide bonds. The van der Waals surface area contributed by atoms with Gasteiger partial charge in [-0.05, 0) is 87.3 Å². The SMILES string of the molecule is CCCCN(CCC(C)C)C(=O)c1ccc2c(c1)n(CCCN1CCCCC1)c1nc3ccsc3c(=O)n21. The molecule has 4 aromatic rings. The minimum Gasteiger partial charge on any atom is -0.339 e. The van der Waals surface area contributed by atoms with Gasteiger partial charge in [0, 0.05) is 25.2 Å². The minimum atomic E-state index is -0.0274. The average Bonchev–Trinajstić information content (AvgIpc) is 3.52. The molecule has 204 valence electrons. The Kier molecular flexibility index (Phi) is 8.48. The summed E-state index contributed by atoms with van der Waals surface area (Å²) in [4.78, 5) is 36.7. The number of aromatic nitrogens is 3. The van der Waals surface area contributed by atoms with Gasteiger partial charge in [-0.2, -0.15) is 0 Å². The van der Waals surface area contributed by atoms with E-state index in [1.165, 1.54) is 43.7 Å². The fourth-order valence-corrected chi connectivity index (χ4v) is 6.34. The van der Waals surface area contributed by atoms with Gasteiger partial charge in [0.2, 0.25) is 5.78 Å². The van der Waals surface area contributed by atoms with E-state index in [-0.39, 0.29) is 11.5 Å². The minimum absolute atomic E-state index is 0.0274. The maximum Gasteiger partial charge on any atom is 0.277 e. The van der Waals surface area contributed by atoms with E-state index in [0.717, 1.165) is 68.4 Å². The molecule has 4 heterocycles. The van der Waals surface area contributed by atoms with Crippen LogP contribution in [0.25, 0.3) is 27.0 Å². The van der Waals surface area contributed by atoms with Crippen LogP contribution in [0, 0.1) is 5.92 Å². The van der Waals surface area contributed by atoms with Crippen LogP contribution in [0.5, 0.6) is 0 Å². The van der Waals surface area contributed by atoms with E-state index in [9.17, 15) is 9.59 Å². The van der Waals surface area contributed by atoms with E-state index in [1.54, 1.807) is 4.40 Å². The third-order valence-electron chi connectivity index (χ3n) is 7.81. The smallest absolute Gasteiger partial charge is 0.277 e. The molecule has 0 bridgehead atoms.